The number of carbonyl (C=O) groups excluding carboxylic acids is 3. The fraction of sp³-hybridized carbons (Fsp3) is 0.259. The van der Waals surface area contributed by atoms with Crippen molar-refractivity contribution in [3.05, 3.63) is 88.6 Å². The smallest absolute Gasteiger partial charge is 0.251 e. The van der Waals surface area contributed by atoms with Crippen LogP contribution in [0.5, 0.6) is 5.75 Å². The molecular weight excluding hydrogens is 458 g/mol. The summed E-state index contributed by atoms with van der Waals surface area (Å²) in [6, 6.07) is 13.6. The lowest BCUT2D eigenvalue weighted by atomic mass is 9.99. The molecule has 0 spiro atoms. The summed E-state index contributed by atoms with van der Waals surface area (Å²) < 4.78 is 0. The zero-order chi connectivity index (χ0) is 25.7. The molecule has 9 nitrogen and oxygen atoms in total. The van der Waals surface area contributed by atoms with Crippen LogP contribution in [0, 0.1) is 6.92 Å². The number of aromatic nitrogens is 1. The number of nitrogens with two attached hydrogens (primary N) is 1. The van der Waals surface area contributed by atoms with Gasteiger partial charge in [-0.3, -0.25) is 14.4 Å². The first kappa shape index (κ1) is 24.9. The molecule has 6 N–H and O–H groups in total. The van der Waals surface area contributed by atoms with Gasteiger partial charge in [0.1, 0.15) is 11.6 Å². The minimum absolute atomic E-state index is 0.0862. The molecule has 0 radical (unpaired) electrons. The average Bonchev–Trinajstić information content (AvgIpc) is 3.10. The lowest BCUT2D eigenvalue weighted by Crippen LogP contribution is -2.54. The third-order valence-electron chi connectivity index (χ3n) is 6.20. The highest BCUT2D eigenvalue weighted by atomic mass is 16.3. The second kappa shape index (κ2) is 11.0. The molecule has 2 amide bonds. The summed E-state index contributed by atoms with van der Waals surface area (Å²) in [5.74, 6) is -0.744. The Morgan fingerprint density at radius 2 is 1.64 bits per heavy atom. The molecule has 1 aromatic heterocycles. The van der Waals surface area contributed by atoms with Crippen LogP contribution in [0.3, 0.4) is 0 Å². The van der Waals surface area contributed by atoms with E-state index in [1.165, 1.54) is 18.3 Å². The van der Waals surface area contributed by atoms with E-state index in [4.69, 9.17) is 5.73 Å². The Morgan fingerprint density at radius 1 is 0.944 bits per heavy atom. The SMILES string of the molecule is Cc1ccc(O)c(C(=O)c2ccc(C(=O)N[C@@H]3CCCNC[C@H]3NC(=O)c3ccnc(N)c3)cc2)c1. The molecule has 2 heterocycles. The van der Waals surface area contributed by atoms with Crippen molar-refractivity contribution in [3.63, 3.8) is 0 Å². The average molecular weight is 488 g/mol. The summed E-state index contributed by atoms with van der Waals surface area (Å²) in [6.07, 6.45) is 3.00. The van der Waals surface area contributed by atoms with Gasteiger partial charge in [0, 0.05) is 29.4 Å². The van der Waals surface area contributed by atoms with Gasteiger partial charge in [-0.2, -0.15) is 0 Å². The van der Waals surface area contributed by atoms with E-state index in [9.17, 15) is 19.5 Å². The van der Waals surface area contributed by atoms with E-state index >= 15 is 0 Å². The van der Waals surface area contributed by atoms with Gasteiger partial charge in [0.15, 0.2) is 5.78 Å². The summed E-state index contributed by atoms with van der Waals surface area (Å²) >= 11 is 0. The van der Waals surface area contributed by atoms with Crippen LogP contribution in [0.25, 0.3) is 0 Å². The van der Waals surface area contributed by atoms with Crippen LogP contribution in [-0.4, -0.2) is 52.9 Å². The Balaban J connectivity index is 1.45. The van der Waals surface area contributed by atoms with Gasteiger partial charge < -0.3 is 26.8 Å². The molecule has 1 fully saturated rings. The lowest BCUT2D eigenvalue weighted by Gasteiger charge is -2.27. The molecular formula is C27H29N5O4. The molecule has 3 aromatic rings. The lowest BCUT2D eigenvalue weighted by molar-refractivity contribution is 0.0882. The van der Waals surface area contributed by atoms with Gasteiger partial charge in [0.25, 0.3) is 11.8 Å². The summed E-state index contributed by atoms with van der Waals surface area (Å²) in [5.41, 5.74) is 7.93. The van der Waals surface area contributed by atoms with Crippen molar-refractivity contribution in [2.75, 3.05) is 18.8 Å². The molecule has 0 saturated carbocycles. The van der Waals surface area contributed by atoms with Crippen molar-refractivity contribution < 1.29 is 19.5 Å². The predicted molar refractivity (Wildman–Crippen MR) is 136 cm³/mol. The van der Waals surface area contributed by atoms with E-state index in [1.807, 2.05) is 6.92 Å². The molecule has 2 aromatic carbocycles. The third-order valence-corrected chi connectivity index (χ3v) is 6.20. The van der Waals surface area contributed by atoms with Crippen molar-refractivity contribution in [2.24, 2.45) is 0 Å². The van der Waals surface area contributed by atoms with Crippen LogP contribution in [0.1, 0.15) is 55.0 Å². The number of anilines is 1. The predicted octanol–water partition coefficient (Wildman–Crippen LogP) is 2.19. The number of amides is 2. The highest BCUT2D eigenvalue weighted by Gasteiger charge is 2.27. The summed E-state index contributed by atoms with van der Waals surface area (Å²) in [4.78, 5) is 42.5. The topological polar surface area (TPSA) is 146 Å². The van der Waals surface area contributed by atoms with E-state index in [0.29, 0.717) is 29.7 Å². The Bertz CT molecular complexity index is 1280. The van der Waals surface area contributed by atoms with Crippen molar-refractivity contribution in [3.8, 4) is 5.75 Å². The molecule has 1 saturated heterocycles. The Hall–Kier alpha value is -4.24. The highest BCUT2D eigenvalue weighted by Crippen LogP contribution is 2.22. The standard InChI is InChI=1S/C27H29N5O4/c1-16-4-9-23(33)20(13-16)25(34)17-5-7-18(8-6-17)26(35)31-21-3-2-11-29-15-22(21)32-27(36)19-10-12-30-24(28)14-19/h4-10,12-14,21-22,29,33H,2-3,11,15H2,1H3,(H2,28,30)(H,31,35)(H,32,36)/t21-,22-/m1/s1. The number of aromatic hydroxyl groups is 1. The summed E-state index contributed by atoms with van der Waals surface area (Å²) in [6.45, 7) is 3.13. The summed E-state index contributed by atoms with van der Waals surface area (Å²) in [7, 11) is 0. The van der Waals surface area contributed by atoms with E-state index in [-0.39, 0.29) is 46.8 Å². The van der Waals surface area contributed by atoms with Gasteiger partial charge in [-0.05, 0) is 62.7 Å². The van der Waals surface area contributed by atoms with Gasteiger partial charge in [-0.1, -0.05) is 23.8 Å². The van der Waals surface area contributed by atoms with E-state index in [0.717, 1.165) is 18.5 Å². The second-order valence-electron chi connectivity index (χ2n) is 8.90. The molecule has 2 atom stereocenters. The van der Waals surface area contributed by atoms with Crippen LogP contribution in [0.15, 0.2) is 60.8 Å². The second-order valence-corrected chi connectivity index (χ2v) is 8.90. The van der Waals surface area contributed by atoms with Gasteiger partial charge in [0.2, 0.25) is 0 Å². The summed E-state index contributed by atoms with van der Waals surface area (Å²) in [5, 5.41) is 19.4. The Labute approximate surface area is 209 Å². The molecule has 4 rings (SSSR count). The van der Waals surface area contributed by atoms with Crippen LogP contribution >= 0.6 is 0 Å². The Kier molecular flexibility index (Phi) is 7.60. The normalized spacial score (nSPS) is 17.6. The number of nitrogen functional groups attached to an aromatic ring is 1. The number of phenolic OH excluding ortho intramolecular Hbond substituents is 1. The fourth-order valence-electron chi connectivity index (χ4n) is 4.23. The maximum absolute atomic E-state index is 13.0. The van der Waals surface area contributed by atoms with Crippen LogP contribution in [0.2, 0.25) is 0 Å². The maximum atomic E-state index is 13.0. The first-order valence-electron chi connectivity index (χ1n) is 11.8. The van der Waals surface area contributed by atoms with Crippen molar-refractivity contribution >= 4 is 23.4 Å². The molecule has 1 aliphatic heterocycles. The first-order valence-corrected chi connectivity index (χ1v) is 11.8. The molecule has 9 heteroatoms. The van der Waals surface area contributed by atoms with Gasteiger partial charge in [-0.25, -0.2) is 4.98 Å². The largest absolute Gasteiger partial charge is 0.507 e. The molecule has 1 aliphatic rings. The van der Waals surface area contributed by atoms with Gasteiger partial charge in [0.05, 0.1) is 17.6 Å². The number of aryl methyl sites for hydroxylation is 1. The number of nitrogens with one attached hydrogen (secondary N) is 3. The highest BCUT2D eigenvalue weighted by molar-refractivity contribution is 6.11. The van der Waals surface area contributed by atoms with Gasteiger partial charge >= 0.3 is 0 Å². The molecule has 0 aliphatic carbocycles. The molecule has 0 unspecified atom stereocenters. The number of carbonyl (C=O) groups is 3. The van der Waals surface area contributed by atoms with Crippen LogP contribution in [0.4, 0.5) is 5.82 Å². The number of rotatable bonds is 6. The maximum Gasteiger partial charge on any atom is 0.251 e. The number of hydrogen-bond acceptors (Lipinski definition) is 7. The molecule has 36 heavy (non-hydrogen) atoms. The quantitative estimate of drug-likeness (QED) is 0.335. The van der Waals surface area contributed by atoms with E-state index < -0.39 is 0 Å². The zero-order valence-corrected chi connectivity index (χ0v) is 20.0. The van der Waals surface area contributed by atoms with Crippen molar-refractivity contribution in [2.45, 2.75) is 31.8 Å². The zero-order valence-electron chi connectivity index (χ0n) is 20.0. The first-order chi connectivity index (χ1) is 17.3. The minimum Gasteiger partial charge on any atom is -0.507 e. The number of hydrogen-bond donors (Lipinski definition) is 5. The monoisotopic (exact) mass is 487 g/mol. The number of pyridine rings is 1. The van der Waals surface area contributed by atoms with E-state index in [1.54, 1.807) is 42.5 Å². The Morgan fingerprint density at radius 3 is 2.39 bits per heavy atom. The van der Waals surface area contributed by atoms with Gasteiger partial charge in [-0.15, -0.1) is 0 Å². The van der Waals surface area contributed by atoms with Crippen LogP contribution in [-0.2, 0) is 0 Å². The third kappa shape index (κ3) is 5.87. The molecule has 0 bridgehead atoms. The number of nitrogens with zero attached hydrogens (tertiary/aromatic N) is 1. The molecule has 186 valence electrons. The van der Waals surface area contributed by atoms with Crippen LogP contribution < -0.4 is 21.7 Å². The number of benzene rings is 2. The fourth-order valence-corrected chi connectivity index (χ4v) is 4.23. The number of ketones is 1. The van der Waals surface area contributed by atoms with Crippen molar-refractivity contribution in [1.82, 2.24) is 20.9 Å². The number of phenols is 1. The minimum atomic E-state index is -0.330. The van der Waals surface area contributed by atoms with Crippen molar-refractivity contribution in [1.29, 1.82) is 0 Å². The van der Waals surface area contributed by atoms with E-state index in [2.05, 4.69) is 20.9 Å².